The lowest BCUT2D eigenvalue weighted by molar-refractivity contribution is -0.130. The van der Waals surface area contributed by atoms with Crippen molar-refractivity contribution in [1.29, 1.82) is 0 Å². The summed E-state index contributed by atoms with van der Waals surface area (Å²) in [7, 11) is 1.73. The maximum Gasteiger partial charge on any atom is 0.255 e. The van der Waals surface area contributed by atoms with Crippen molar-refractivity contribution in [1.82, 2.24) is 0 Å². The van der Waals surface area contributed by atoms with Gasteiger partial charge in [-0.1, -0.05) is 0 Å². The Hall–Kier alpha value is -1.88. The van der Waals surface area contributed by atoms with E-state index in [1.54, 1.807) is 30.1 Å². The maximum atomic E-state index is 11.6. The highest BCUT2D eigenvalue weighted by atomic mass is 16.3. The monoisotopic (exact) mass is 248 g/mol. The van der Waals surface area contributed by atoms with Gasteiger partial charge in [0, 0.05) is 18.4 Å². The molecule has 0 spiro atoms. The first-order valence-electron chi connectivity index (χ1n) is 5.72. The Morgan fingerprint density at radius 1 is 1.44 bits per heavy atom. The zero-order chi connectivity index (χ0) is 13.5. The van der Waals surface area contributed by atoms with E-state index in [1.165, 1.54) is 13.8 Å². The molecule has 0 unspecified atom stereocenters. The van der Waals surface area contributed by atoms with E-state index in [0.717, 1.165) is 11.3 Å². The van der Waals surface area contributed by atoms with Crippen LogP contribution in [0.5, 0.6) is 0 Å². The van der Waals surface area contributed by atoms with Crippen LogP contribution in [0.4, 0.5) is 11.4 Å². The van der Waals surface area contributed by atoms with E-state index < -0.39 is 11.5 Å². The average molecular weight is 248 g/mol. The molecule has 2 N–H and O–H groups in total. The van der Waals surface area contributed by atoms with E-state index >= 15 is 0 Å². The number of nitrogens with one attached hydrogen (secondary N) is 1. The quantitative estimate of drug-likeness (QED) is 0.817. The van der Waals surface area contributed by atoms with Crippen LogP contribution in [-0.4, -0.2) is 29.6 Å². The number of carbonyl (C=O) groups excluding carboxylic acids is 2. The standard InChI is InChI=1S/C13H16N2O3/c1-13(2,18)12(17)14-9-4-5-10-8(6-9)7-11(16)15(10)3/h4-6,18H,7H2,1-3H3,(H,14,17). The molecule has 1 aromatic rings. The maximum absolute atomic E-state index is 11.6. The number of aliphatic hydroxyl groups is 1. The summed E-state index contributed by atoms with van der Waals surface area (Å²) in [5, 5.41) is 12.2. The molecule has 96 valence electrons. The number of carbonyl (C=O) groups is 2. The van der Waals surface area contributed by atoms with Gasteiger partial charge in [0.2, 0.25) is 5.91 Å². The van der Waals surface area contributed by atoms with Crippen molar-refractivity contribution in [2.75, 3.05) is 17.3 Å². The highest BCUT2D eigenvalue weighted by molar-refractivity contribution is 6.02. The highest BCUT2D eigenvalue weighted by Gasteiger charge is 2.26. The molecular formula is C13H16N2O3. The number of hydrogen-bond donors (Lipinski definition) is 2. The van der Waals surface area contributed by atoms with Gasteiger partial charge in [0.1, 0.15) is 5.60 Å². The van der Waals surface area contributed by atoms with Gasteiger partial charge in [0.15, 0.2) is 0 Å². The molecule has 0 aromatic heterocycles. The second-order valence-electron chi connectivity index (χ2n) is 4.99. The predicted molar refractivity (Wildman–Crippen MR) is 68.5 cm³/mol. The fourth-order valence-electron chi connectivity index (χ4n) is 1.83. The number of fused-ring (bicyclic) bond motifs is 1. The van der Waals surface area contributed by atoms with Crippen molar-refractivity contribution in [2.24, 2.45) is 0 Å². The lowest BCUT2D eigenvalue weighted by Gasteiger charge is -2.17. The van der Waals surface area contributed by atoms with Gasteiger partial charge in [-0.05, 0) is 37.6 Å². The van der Waals surface area contributed by atoms with Crippen molar-refractivity contribution in [3.8, 4) is 0 Å². The van der Waals surface area contributed by atoms with Crippen molar-refractivity contribution in [2.45, 2.75) is 25.9 Å². The van der Waals surface area contributed by atoms with E-state index in [0.29, 0.717) is 12.1 Å². The van der Waals surface area contributed by atoms with Crippen LogP contribution >= 0.6 is 0 Å². The largest absolute Gasteiger partial charge is 0.381 e. The van der Waals surface area contributed by atoms with E-state index in [-0.39, 0.29) is 5.91 Å². The zero-order valence-corrected chi connectivity index (χ0v) is 10.7. The van der Waals surface area contributed by atoms with Gasteiger partial charge in [-0.3, -0.25) is 9.59 Å². The first kappa shape index (κ1) is 12.6. The molecule has 0 saturated carbocycles. The van der Waals surface area contributed by atoms with Crippen molar-refractivity contribution >= 4 is 23.2 Å². The number of benzene rings is 1. The number of rotatable bonds is 2. The van der Waals surface area contributed by atoms with Crippen LogP contribution in [0.1, 0.15) is 19.4 Å². The van der Waals surface area contributed by atoms with E-state index in [4.69, 9.17) is 0 Å². The lowest BCUT2D eigenvalue weighted by Crippen LogP contribution is -2.36. The molecule has 0 atom stereocenters. The first-order chi connectivity index (χ1) is 8.29. The Bertz CT molecular complexity index is 517. The summed E-state index contributed by atoms with van der Waals surface area (Å²) in [5.74, 6) is -0.434. The molecule has 1 heterocycles. The molecule has 1 aliphatic heterocycles. The minimum Gasteiger partial charge on any atom is -0.381 e. The Morgan fingerprint density at radius 2 is 2.11 bits per heavy atom. The number of anilines is 2. The molecule has 1 aliphatic rings. The summed E-state index contributed by atoms with van der Waals surface area (Å²) in [4.78, 5) is 24.7. The Balaban J connectivity index is 2.22. The van der Waals surface area contributed by atoms with Gasteiger partial charge < -0.3 is 15.3 Å². The third kappa shape index (κ3) is 2.22. The minimum absolute atomic E-state index is 0.0379. The van der Waals surface area contributed by atoms with Gasteiger partial charge in [0.05, 0.1) is 6.42 Å². The van der Waals surface area contributed by atoms with E-state index in [2.05, 4.69) is 5.32 Å². The SMILES string of the molecule is CN1C(=O)Cc2cc(NC(=O)C(C)(C)O)ccc21. The third-order valence-electron chi connectivity index (χ3n) is 2.97. The molecule has 5 heteroatoms. The van der Waals surface area contributed by atoms with Crippen molar-refractivity contribution < 1.29 is 14.7 Å². The molecule has 5 nitrogen and oxygen atoms in total. The van der Waals surface area contributed by atoms with Gasteiger partial charge >= 0.3 is 0 Å². The molecule has 0 fully saturated rings. The van der Waals surface area contributed by atoms with Gasteiger partial charge in [-0.25, -0.2) is 0 Å². The lowest BCUT2D eigenvalue weighted by atomic mass is 10.1. The second-order valence-corrected chi connectivity index (χ2v) is 4.99. The van der Waals surface area contributed by atoms with Crippen molar-refractivity contribution in [3.05, 3.63) is 23.8 Å². The Kier molecular flexibility index (Phi) is 2.86. The van der Waals surface area contributed by atoms with E-state index in [1.807, 2.05) is 0 Å². The highest BCUT2D eigenvalue weighted by Crippen LogP contribution is 2.30. The van der Waals surface area contributed by atoms with Gasteiger partial charge in [0.25, 0.3) is 5.91 Å². The number of hydrogen-bond acceptors (Lipinski definition) is 3. The predicted octanol–water partition coefficient (Wildman–Crippen LogP) is 0.915. The smallest absolute Gasteiger partial charge is 0.255 e. The number of likely N-dealkylation sites (N-methyl/N-ethyl adjacent to an activating group) is 1. The molecular weight excluding hydrogens is 232 g/mol. The third-order valence-corrected chi connectivity index (χ3v) is 2.97. The first-order valence-corrected chi connectivity index (χ1v) is 5.72. The number of amides is 2. The van der Waals surface area contributed by atoms with Crippen LogP contribution in [-0.2, 0) is 16.0 Å². The second kappa shape index (κ2) is 4.10. The molecule has 18 heavy (non-hydrogen) atoms. The molecule has 0 radical (unpaired) electrons. The normalized spacial score (nSPS) is 14.7. The Labute approximate surface area is 105 Å². The summed E-state index contributed by atoms with van der Waals surface area (Å²) in [5.41, 5.74) is 0.910. The Morgan fingerprint density at radius 3 is 2.72 bits per heavy atom. The average Bonchev–Trinajstić information content (AvgIpc) is 2.53. The fraction of sp³-hybridized carbons (Fsp3) is 0.385. The van der Waals surface area contributed by atoms with E-state index in [9.17, 15) is 14.7 Å². The van der Waals surface area contributed by atoms with Gasteiger partial charge in [-0.2, -0.15) is 0 Å². The topological polar surface area (TPSA) is 69.6 Å². The number of nitrogens with zero attached hydrogens (tertiary/aromatic N) is 1. The van der Waals surface area contributed by atoms with Crippen LogP contribution in [0.15, 0.2) is 18.2 Å². The molecule has 1 aromatic carbocycles. The molecule has 0 saturated heterocycles. The summed E-state index contributed by atoms with van der Waals surface area (Å²) < 4.78 is 0. The molecule has 2 amide bonds. The summed E-state index contributed by atoms with van der Waals surface area (Å²) in [6.07, 6.45) is 0.345. The van der Waals surface area contributed by atoms with Crippen LogP contribution in [0.2, 0.25) is 0 Å². The zero-order valence-electron chi connectivity index (χ0n) is 10.7. The van der Waals surface area contributed by atoms with Crippen LogP contribution in [0.25, 0.3) is 0 Å². The summed E-state index contributed by atoms with van der Waals surface area (Å²) >= 11 is 0. The van der Waals surface area contributed by atoms with Crippen LogP contribution < -0.4 is 10.2 Å². The minimum atomic E-state index is -1.42. The fourth-order valence-corrected chi connectivity index (χ4v) is 1.83. The molecule has 0 bridgehead atoms. The van der Waals surface area contributed by atoms with Crippen molar-refractivity contribution in [3.63, 3.8) is 0 Å². The summed E-state index contributed by atoms with van der Waals surface area (Å²) in [6, 6.07) is 5.28. The van der Waals surface area contributed by atoms with Crippen LogP contribution in [0, 0.1) is 0 Å². The molecule has 2 rings (SSSR count). The summed E-state index contributed by atoms with van der Waals surface area (Å²) in [6.45, 7) is 2.85. The van der Waals surface area contributed by atoms with Crippen LogP contribution in [0.3, 0.4) is 0 Å². The molecule has 0 aliphatic carbocycles. The van der Waals surface area contributed by atoms with Gasteiger partial charge in [-0.15, -0.1) is 0 Å².